The summed E-state index contributed by atoms with van der Waals surface area (Å²) in [5.41, 5.74) is 1.40. The summed E-state index contributed by atoms with van der Waals surface area (Å²) < 4.78 is 5.90. The molecule has 0 radical (unpaired) electrons. The fourth-order valence-electron chi connectivity index (χ4n) is 4.29. The summed E-state index contributed by atoms with van der Waals surface area (Å²) in [7, 11) is 0. The summed E-state index contributed by atoms with van der Waals surface area (Å²) in [6.45, 7) is 2.00. The summed E-state index contributed by atoms with van der Waals surface area (Å²) in [5.74, 6) is -0.0252. The first kappa shape index (κ1) is 19.1. The lowest BCUT2D eigenvalue weighted by molar-refractivity contribution is -0.143. The van der Waals surface area contributed by atoms with Crippen molar-refractivity contribution in [2.45, 2.75) is 18.9 Å². The van der Waals surface area contributed by atoms with Crippen molar-refractivity contribution in [3.05, 3.63) is 114 Å². The summed E-state index contributed by atoms with van der Waals surface area (Å²) in [6.07, 6.45) is 0.500. The van der Waals surface area contributed by atoms with Crippen LogP contribution in [-0.4, -0.2) is 11.9 Å². The van der Waals surface area contributed by atoms with E-state index < -0.39 is 5.54 Å². The molecule has 0 amide bonds. The van der Waals surface area contributed by atoms with Gasteiger partial charge >= 0.3 is 5.97 Å². The highest BCUT2D eigenvalue weighted by atomic mass is 16.6. The molecule has 0 unspecified atom stereocenters. The van der Waals surface area contributed by atoms with Crippen LogP contribution in [-0.2, 0) is 15.1 Å². The summed E-state index contributed by atoms with van der Waals surface area (Å²) in [5, 5.41) is 8.82. The predicted octanol–water partition coefficient (Wildman–Crippen LogP) is 5.87. The van der Waals surface area contributed by atoms with Crippen LogP contribution in [0.3, 0.4) is 0 Å². The molecule has 0 spiro atoms. The number of para-hydroxylation sites is 1. The van der Waals surface area contributed by atoms with Crippen molar-refractivity contribution in [1.82, 2.24) is 0 Å². The average Bonchev–Trinajstić information content (AvgIpc) is 2.84. The number of carbonyl (C=O) groups excluding carboxylic acids is 1. The third kappa shape index (κ3) is 3.08. The fraction of sp³-hybridized carbons (Fsp3) is 0.111. The van der Waals surface area contributed by atoms with Gasteiger partial charge in [0, 0.05) is 5.56 Å². The lowest BCUT2D eigenvalue weighted by atomic mass is 9.82. The lowest BCUT2D eigenvalue weighted by Gasteiger charge is -2.43. The highest BCUT2D eigenvalue weighted by Gasteiger charge is 2.51. The first-order chi connectivity index (χ1) is 15.2. The van der Waals surface area contributed by atoms with Crippen molar-refractivity contribution in [3.8, 4) is 0 Å². The standard InChI is InChI=1S/C27H22N2O2/c1-2-27(24-19-11-15-20-12-9-10-18-23(20)24)26(30)31-25(21-13-5-3-6-14-21)28-29(27)22-16-7-4-8-17-22/h3-19H,2H2,1H3/t27-/m1/s1. The van der Waals surface area contributed by atoms with Crippen molar-refractivity contribution < 1.29 is 9.53 Å². The maximum absolute atomic E-state index is 13.8. The monoisotopic (exact) mass is 406 g/mol. The summed E-state index contributed by atoms with van der Waals surface area (Å²) >= 11 is 0. The molecule has 1 atom stereocenters. The van der Waals surface area contributed by atoms with Crippen LogP contribution >= 0.6 is 0 Å². The Kier molecular flexibility index (Phi) is 4.75. The van der Waals surface area contributed by atoms with Crippen LogP contribution in [0, 0.1) is 0 Å². The molecule has 1 heterocycles. The smallest absolute Gasteiger partial charge is 0.345 e. The van der Waals surface area contributed by atoms with E-state index in [0.29, 0.717) is 12.3 Å². The largest absolute Gasteiger partial charge is 0.403 e. The van der Waals surface area contributed by atoms with Crippen molar-refractivity contribution in [2.75, 3.05) is 5.01 Å². The number of hydrogen-bond acceptors (Lipinski definition) is 4. The third-order valence-electron chi connectivity index (χ3n) is 5.85. The second kappa shape index (κ2) is 7.73. The SMILES string of the molecule is CC[C@@]1(c2cccc3ccccc23)C(=O)OC(c2ccccc2)=NN1c1ccccc1. The van der Waals surface area contributed by atoms with E-state index in [1.807, 2.05) is 96.9 Å². The van der Waals surface area contributed by atoms with Crippen LogP contribution in [0.25, 0.3) is 10.8 Å². The van der Waals surface area contributed by atoms with Gasteiger partial charge < -0.3 is 4.74 Å². The molecule has 0 N–H and O–H groups in total. The molecule has 4 nitrogen and oxygen atoms in total. The van der Waals surface area contributed by atoms with Crippen LogP contribution in [0.1, 0.15) is 24.5 Å². The molecule has 152 valence electrons. The van der Waals surface area contributed by atoms with Crippen molar-refractivity contribution >= 4 is 28.3 Å². The molecule has 4 heteroatoms. The average molecular weight is 406 g/mol. The Morgan fingerprint density at radius 1 is 0.806 bits per heavy atom. The first-order valence-electron chi connectivity index (χ1n) is 10.4. The number of anilines is 1. The normalized spacial score (nSPS) is 18.5. The molecule has 4 aromatic rings. The van der Waals surface area contributed by atoms with Crippen LogP contribution in [0.15, 0.2) is 108 Å². The third-order valence-corrected chi connectivity index (χ3v) is 5.85. The second-order valence-electron chi connectivity index (χ2n) is 7.55. The van der Waals surface area contributed by atoms with E-state index in [0.717, 1.165) is 27.6 Å². The first-order valence-corrected chi connectivity index (χ1v) is 10.4. The predicted molar refractivity (Wildman–Crippen MR) is 124 cm³/mol. The molecular formula is C27H22N2O2. The minimum absolute atomic E-state index is 0.304. The molecule has 0 saturated carbocycles. The van der Waals surface area contributed by atoms with Gasteiger partial charge in [0.25, 0.3) is 0 Å². The molecule has 0 fully saturated rings. The van der Waals surface area contributed by atoms with Gasteiger partial charge in [-0.15, -0.1) is 5.10 Å². The molecule has 31 heavy (non-hydrogen) atoms. The van der Waals surface area contributed by atoms with Gasteiger partial charge in [-0.05, 0) is 47.0 Å². The molecule has 5 rings (SSSR count). The number of benzene rings is 4. The number of nitrogens with zero attached hydrogens (tertiary/aromatic N) is 2. The summed E-state index contributed by atoms with van der Waals surface area (Å²) in [4.78, 5) is 13.8. The number of carbonyl (C=O) groups is 1. The van der Waals surface area contributed by atoms with Gasteiger partial charge in [-0.3, -0.25) is 0 Å². The van der Waals surface area contributed by atoms with Crippen LogP contribution in [0.2, 0.25) is 0 Å². The van der Waals surface area contributed by atoms with Gasteiger partial charge in [-0.1, -0.05) is 85.8 Å². The Morgan fingerprint density at radius 3 is 2.19 bits per heavy atom. The fourth-order valence-corrected chi connectivity index (χ4v) is 4.29. The molecular weight excluding hydrogens is 384 g/mol. The number of hydrazone groups is 1. The van der Waals surface area contributed by atoms with E-state index in [9.17, 15) is 4.79 Å². The Bertz CT molecular complexity index is 1260. The van der Waals surface area contributed by atoms with Gasteiger partial charge in [0.05, 0.1) is 5.69 Å². The van der Waals surface area contributed by atoms with E-state index in [4.69, 9.17) is 9.84 Å². The minimum Gasteiger partial charge on any atom is -0.403 e. The highest BCUT2D eigenvalue weighted by Crippen LogP contribution is 2.43. The van der Waals surface area contributed by atoms with Gasteiger partial charge in [0.15, 0.2) is 5.54 Å². The van der Waals surface area contributed by atoms with Crippen LogP contribution in [0.5, 0.6) is 0 Å². The van der Waals surface area contributed by atoms with Gasteiger partial charge in [0.1, 0.15) is 0 Å². The van der Waals surface area contributed by atoms with E-state index in [1.54, 1.807) is 0 Å². The zero-order valence-electron chi connectivity index (χ0n) is 17.2. The summed E-state index contributed by atoms with van der Waals surface area (Å²) in [6, 6.07) is 33.5. The Balaban J connectivity index is 1.79. The number of esters is 1. The maximum Gasteiger partial charge on any atom is 0.345 e. The number of rotatable bonds is 4. The quantitative estimate of drug-likeness (QED) is 0.398. The Labute approximate surface area is 181 Å². The molecule has 1 aliphatic rings. The van der Waals surface area contributed by atoms with E-state index in [2.05, 4.69) is 18.2 Å². The zero-order chi connectivity index (χ0) is 21.3. The number of fused-ring (bicyclic) bond motifs is 1. The molecule has 1 aliphatic heterocycles. The Hall–Kier alpha value is -3.92. The lowest BCUT2D eigenvalue weighted by Crippen LogP contribution is -2.54. The highest BCUT2D eigenvalue weighted by molar-refractivity contribution is 6.08. The van der Waals surface area contributed by atoms with E-state index >= 15 is 0 Å². The second-order valence-corrected chi connectivity index (χ2v) is 7.55. The Morgan fingerprint density at radius 2 is 1.45 bits per heavy atom. The van der Waals surface area contributed by atoms with Crippen LogP contribution < -0.4 is 5.01 Å². The zero-order valence-corrected chi connectivity index (χ0v) is 17.2. The van der Waals surface area contributed by atoms with E-state index in [-0.39, 0.29) is 5.97 Å². The van der Waals surface area contributed by atoms with E-state index in [1.165, 1.54) is 0 Å². The topological polar surface area (TPSA) is 41.9 Å². The van der Waals surface area contributed by atoms with Crippen LogP contribution in [0.4, 0.5) is 5.69 Å². The van der Waals surface area contributed by atoms with Crippen molar-refractivity contribution in [2.24, 2.45) is 5.10 Å². The number of hydrogen-bond donors (Lipinski definition) is 0. The number of cyclic esters (lactones) is 1. The van der Waals surface area contributed by atoms with Gasteiger partial charge in [-0.25, -0.2) is 9.80 Å². The van der Waals surface area contributed by atoms with Gasteiger partial charge in [0.2, 0.25) is 5.90 Å². The van der Waals surface area contributed by atoms with Gasteiger partial charge in [-0.2, -0.15) is 0 Å². The van der Waals surface area contributed by atoms with Crippen molar-refractivity contribution in [3.63, 3.8) is 0 Å². The maximum atomic E-state index is 13.8. The molecule has 0 saturated heterocycles. The van der Waals surface area contributed by atoms with Crippen molar-refractivity contribution in [1.29, 1.82) is 0 Å². The minimum atomic E-state index is -1.08. The molecule has 0 aliphatic carbocycles. The number of ether oxygens (including phenoxy) is 1. The molecule has 0 bridgehead atoms. The molecule has 4 aromatic carbocycles. The molecule has 0 aromatic heterocycles.